The van der Waals surface area contributed by atoms with Gasteiger partial charge in [0.25, 0.3) is 0 Å². The molecule has 0 radical (unpaired) electrons. The maximum atomic E-state index is 12.7. The van der Waals surface area contributed by atoms with Crippen LogP contribution >= 0.6 is 0 Å². The van der Waals surface area contributed by atoms with Crippen molar-refractivity contribution in [3.8, 4) is 0 Å². The molecule has 9 heteroatoms. The summed E-state index contributed by atoms with van der Waals surface area (Å²) in [6.07, 6.45) is 1.81. The first kappa shape index (κ1) is 32.4. The number of hydrogen-bond acceptors (Lipinski definition) is 6. The molecule has 1 saturated heterocycles. The Balaban J connectivity index is 0. The largest absolute Gasteiger partial charge is 0.447 e. The molecular formula is C24H42FN5O3. The number of carbonyl (C=O) groups is 1. The Morgan fingerprint density at radius 2 is 1.76 bits per heavy atom. The fourth-order valence-corrected chi connectivity index (χ4v) is 2.57. The molecule has 8 nitrogen and oxygen atoms in total. The van der Waals surface area contributed by atoms with Crippen molar-refractivity contribution < 1.29 is 19.1 Å². The standard InChI is InChI=1S/C12H18FN3O.C8H16N2O2.2C2H4/c1-15(10-14)7-2-8-16(17)9-11-3-5-12(13)6-4-11;1-7(2)12-8(11)10-5-3-9-4-6-10;2*1-2/h3-6,10,14,17H,2,7-9H2,1H3;7,9H,3-6H2,1-2H3;2*1-2H2. The Bertz CT molecular complexity index is 623. The van der Waals surface area contributed by atoms with Gasteiger partial charge in [-0.1, -0.05) is 12.1 Å². The predicted molar refractivity (Wildman–Crippen MR) is 133 cm³/mol. The number of benzene rings is 1. The van der Waals surface area contributed by atoms with E-state index < -0.39 is 0 Å². The van der Waals surface area contributed by atoms with Gasteiger partial charge in [-0.15, -0.1) is 26.3 Å². The van der Waals surface area contributed by atoms with E-state index in [2.05, 4.69) is 31.6 Å². The second kappa shape index (κ2) is 21.1. The van der Waals surface area contributed by atoms with Gasteiger partial charge in [-0.3, -0.25) is 5.41 Å². The number of rotatable bonds is 8. The summed E-state index contributed by atoms with van der Waals surface area (Å²) < 4.78 is 17.7. The number of hydrogen-bond donors (Lipinski definition) is 3. The van der Waals surface area contributed by atoms with E-state index in [9.17, 15) is 14.4 Å². The maximum absolute atomic E-state index is 12.7. The second-order valence-electron chi connectivity index (χ2n) is 7.15. The van der Waals surface area contributed by atoms with Crippen molar-refractivity contribution in [3.05, 3.63) is 62.0 Å². The van der Waals surface area contributed by atoms with Crippen molar-refractivity contribution in [1.82, 2.24) is 20.2 Å². The van der Waals surface area contributed by atoms with E-state index in [4.69, 9.17) is 10.1 Å². The van der Waals surface area contributed by atoms with Crippen LogP contribution in [0.5, 0.6) is 0 Å². The van der Waals surface area contributed by atoms with Gasteiger partial charge in [-0.05, 0) is 38.0 Å². The van der Waals surface area contributed by atoms with Crippen LogP contribution in [-0.4, -0.2) is 84.9 Å². The van der Waals surface area contributed by atoms with Gasteiger partial charge in [0.1, 0.15) is 5.82 Å². The molecule has 0 atom stereocenters. The number of amides is 1. The van der Waals surface area contributed by atoms with E-state index in [-0.39, 0.29) is 18.0 Å². The van der Waals surface area contributed by atoms with E-state index in [1.54, 1.807) is 21.9 Å². The molecule has 1 fully saturated rings. The molecule has 188 valence electrons. The summed E-state index contributed by atoms with van der Waals surface area (Å²) in [4.78, 5) is 14.8. The van der Waals surface area contributed by atoms with Crippen LogP contribution in [0.15, 0.2) is 50.6 Å². The summed E-state index contributed by atoms with van der Waals surface area (Å²) in [5.41, 5.74) is 0.870. The Morgan fingerprint density at radius 1 is 1.21 bits per heavy atom. The van der Waals surface area contributed by atoms with Crippen LogP contribution < -0.4 is 5.32 Å². The number of hydroxylamine groups is 2. The van der Waals surface area contributed by atoms with Crippen molar-refractivity contribution in [3.63, 3.8) is 0 Å². The third-order valence-electron chi connectivity index (χ3n) is 4.14. The van der Waals surface area contributed by atoms with Crippen molar-refractivity contribution in [1.29, 1.82) is 5.41 Å². The molecule has 1 aromatic carbocycles. The highest BCUT2D eigenvalue weighted by molar-refractivity contribution is 5.67. The zero-order chi connectivity index (χ0) is 25.6. The molecule has 0 aliphatic carbocycles. The van der Waals surface area contributed by atoms with Crippen LogP contribution in [0.4, 0.5) is 9.18 Å². The third kappa shape index (κ3) is 17.5. The summed E-state index contributed by atoms with van der Waals surface area (Å²) in [5, 5.41) is 21.0. The Morgan fingerprint density at radius 3 is 2.24 bits per heavy atom. The molecular weight excluding hydrogens is 425 g/mol. The van der Waals surface area contributed by atoms with Gasteiger partial charge < -0.3 is 25.1 Å². The normalized spacial score (nSPS) is 12.3. The van der Waals surface area contributed by atoms with E-state index in [1.807, 2.05) is 20.9 Å². The Kier molecular flexibility index (Phi) is 20.7. The first-order chi connectivity index (χ1) is 15.8. The minimum absolute atomic E-state index is 0.0209. The summed E-state index contributed by atoms with van der Waals surface area (Å²) in [5.74, 6) is -0.272. The van der Waals surface area contributed by atoms with Gasteiger partial charge in [-0.2, -0.15) is 5.06 Å². The maximum Gasteiger partial charge on any atom is 0.410 e. The number of halogens is 1. The van der Waals surface area contributed by atoms with Crippen molar-refractivity contribution >= 4 is 12.4 Å². The molecule has 0 unspecified atom stereocenters. The lowest BCUT2D eigenvalue weighted by Gasteiger charge is -2.27. The highest BCUT2D eigenvalue weighted by Crippen LogP contribution is 2.05. The highest BCUT2D eigenvalue weighted by Gasteiger charge is 2.17. The summed E-state index contributed by atoms with van der Waals surface area (Å²) in [7, 11) is 1.81. The van der Waals surface area contributed by atoms with Crippen LogP contribution in [0, 0.1) is 11.2 Å². The topological polar surface area (TPSA) is 92.1 Å². The first-order valence-electron chi connectivity index (χ1n) is 10.9. The summed E-state index contributed by atoms with van der Waals surface area (Å²) in [6.45, 7) is 20.6. The minimum Gasteiger partial charge on any atom is -0.447 e. The number of piperazine rings is 1. The first-order valence-corrected chi connectivity index (χ1v) is 10.9. The average molecular weight is 468 g/mol. The molecule has 1 heterocycles. The fourth-order valence-electron chi connectivity index (χ4n) is 2.57. The second-order valence-corrected chi connectivity index (χ2v) is 7.15. The molecule has 33 heavy (non-hydrogen) atoms. The molecule has 0 aromatic heterocycles. The van der Waals surface area contributed by atoms with Crippen molar-refractivity contribution in [2.45, 2.75) is 32.9 Å². The van der Waals surface area contributed by atoms with Gasteiger partial charge in [0.05, 0.1) is 12.4 Å². The average Bonchev–Trinajstić information content (AvgIpc) is 2.83. The molecule has 1 aromatic rings. The molecule has 1 amide bonds. The monoisotopic (exact) mass is 467 g/mol. The van der Waals surface area contributed by atoms with Gasteiger partial charge >= 0.3 is 6.09 Å². The fraction of sp³-hybridized carbons (Fsp3) is 0.500. The molecule has 0 bridgehead atoms. The van der Waals surface area contributed by atoms with Gasteiger partial charge in [0, 0.05) is 52.9 Å². The molecule has 0 saturated carbocycles. The van der Waals surface area contributed by atoms with Gasteiger partial charge in [0.2, 0.25) is 0 Å². The number of ether oxygens (including phenoxy) is 1. The lowest BCUT2D eigenvalue weighted by Crippen LogP contribution is -2.47. The number of nitrogens with one attached hydrogen (secondary N) is 2. The van der Waals surface area contributed by atoms with Crippen LogP contribution in [0.3, 0.4) is 0 Å². The minimum atomic E-state index is -0.272. The van der Waals surface area contributed by atoms with Crippen LogP contribution in [0.25, 0.3) is 0 Å². The highest BCUT2D eigenvalue weighted by atomic mass is 19.1. The zero-order valence-corrected chi connectivity index (χ0v) is 20.4. The summed E-state index contributed by atoms with van der Waals surface area (Å²) in [6, 6.07) is 6.07. The quantitative estimate of drug-likeness (QED) is 0.232. The van der Waals surface area contributed by atoms with Crippen LogP contribution in [0.1, 0.15) is 25.8 Å². The lowest BCUT2D eigenvalue weighted by molar-refractivity contribution is -0.100. The SMILES string of the molecule is C=C.C=C.CC(C)OC(=O)N1CCNCC1.CN(C=N)CCCN(O)Cc1ccc(F)cc1. The smallest absolute Gasteiger partial charge is 0.410 e. The zero-order valence-electron chi connectivity index (χ0n) is 20.4. The predicted octanol–water partition coefficient (Wildman–Crippen LogP) is 3.99. The van der Waals surface area contributed by atoms with Crippen LogP contribution in [-0.2, 0) is 11.3 Å². The summed E-state index contributed by atoms with van der Waals surface area (Å²) >= 11 is 0. The Hall–Kier alpha value is -2.75. The van der Waals surface area contributed by atoms with Crippen molar-refractivity contribution in [2.24, 2.45) is 0 Å². The third-order valence-corrected chi connectivity index (χ3v) is 4.14. The molecule has 2 rings (SSSR count). The van der Waals surface area contributed by atoms with Crippen molar-refractivity contribution in [2.75, 3.05) is 46.3 Å². The van der Waals surface area contributed by atoms with Gasteiger partial charge in [-0.25, -0.2) is 9.18 Å². The molecule has 1 aliphatic rings. The molecule has 1 aliphatic heterocycles. The van der Waals surface area contributed by atoms with Gasteiger partial charge in [0.15, 0.2) is 0 Å². The number of nitrogens with zero attached hydrogens (tertiary/aromatic N) is 3. The number of carbonyl (C=O) groups excluding carboxylic acids is 1. The van der Waals surface area contributed by atoms with E-state index >= 15 is 0 Å². The van der Waals surface area contributed by atoms with E-state index in [1.165, 1.54) is 23.5 Å². The molecule has 0 spiro atoms. The van der Waals surface area contributed by atoms with Crippen LogP contribution in [0.2, 0.25) is 0 Å². The molecule has 3 N–H and O–H groups in total. The van der Waals surface area contributed by atoms with E-state index in [0.717, 1.165) is 44.7 Å². The van der Waals surface area contributed by atoms with E-state index in [0.29, 0.717) is 13.1 Å². The Labute approximate surface area is 198 Å². The lowest BCUT2D eigenvalue weighted by atomic mass is 10.2.